The third-order valence-corrected chi connectivity index (χ3v) is 4.28. The van der Waals surface area contributed by atoms with Gasteiger partial charge in [0.05, 0.1) is 52.9 Å². The van der Waals surface area contributed by atoms with Crippen LogP contribution in [0.1, 0.15) is 33.6 Å². The Morgan fingerprint density at radius 2 is 1.47 bits per heavy atom. The number of nitrogens with zero attached hydrogens (tertiary/aromatic N) is 1. The van der Waals surface area contributed by atoms with Crippen molar-refractivity contribution in [2.24, 2.45) is 5.41 Å². The zero-order chi connectivity index (χ0) is 22.2. The van der Waals surface area contributed by atoms with Crippen molar-refractivity contribution in [3.05, 3.63) is 24.4 Å². The highest BCUT2D eigenvalue weighted by Gasteiger charge is 2.17. The van der Waals surface area contributed by atoms with Gasteiger partial charge in [0.1, 0.15) is 0 Å². The van der Waals surface area contributed by atoms with E-state index in [0.717, 1.165) is 6.42 Å². The first kappa shape index (κ1) is 26.3. The molecule has 0 fully saturated rings. The Hall–Kier alpha value is -1.74. The first-order valence-electron chi connectivity index (χ1n) is 10.6. The summed E-state index contributed by atoms with van der Waals surface area (Å²) in [5.41, 5.74) is 0.918. The number of rotatable bonds is 17. The van der Waals surface area contributed by atoms with Crippen LogP contribution in [0, 0.1) is 5.41 Å². The van der Waals surface area contributed by atoms with Crippen molar-refractivity contribution in [2.75, 3.05) is 65.9 Å². The SMILES string of the molecule is C=C1C=CC(=O)N1CCOCCOCCOCCOCCC(=O)NCCC(C)(C)C. The van der Waals surface area contributed by atoms with Crippen molar-refractivity contribution in [3.63, 3.8) is 0 Å². The van der Waals surface area contributed by atoms with Crippen molar-refractivity contribution in [3.8, 4) is 0 Å². The van der Waals surface area contributed by atoms with Gasteiger partial charge in [0.15, 0.2) is 0 Å². The maximum atomic E-state index is 11.7. The van der Waals surface area contributed by atoms with Gasteiger partial charge in [0.2, 0.25) is 5.91 Å². The van der Waals surface area contributed by atoms with Crippen LogP contribution in [0.2, 0.25) is 0 Å². The molecule has 172 valence electrons. The van der Waals surface area contributed by atoms with Crippen LogP contribution in [0.5, 0.6) is 0 Å². The number of allylic oxidation sites excluding steroid dienone is 1. The van der Waals surface area contributed by atoms with E-state index in [-0.39, 0.29) is 17.2 Å². The minimum atomic E-state index is -0.0552. The number of hydrogen-bond donors (Lipinski definition) is 1. The van der Waals surface area contributed by atoms with Crippen LogP contribution in [-0.4, -0.2) is 82.7 Å². The predicted molar refractivity (Wildman–Crippen MR) is 115 cm³/mol. The highest BCUT2D eigenvalue weighted by atomic mass is 16.6. The van der Waals surface area contributed by atoms with E-state index in [4.69, 9.17) is 18.9 Å². The molecule has 0 aliphatic carbocycles. The molecule has 1 rings (SSSR count). The smallest absolute Gasteiger partial charge is 0.251 e. The molecule has 30 heavy (non-hydrogen) atoms. The molecule has 0 atom stereocenters. The zero-order valence-corrected chi connectivity index (χ0v) is 18.7. The van der Waals surface area contributed by atoms with Crippen LogP contribution in [0.25, 0.3) is 0 Å². The van der Waals surface area contributed by atoms with Crippen LogP contribution >= 0.6 is 0 Å². The molecule has 0 bridgehead atoms. The molecule has 1 aliphatic rings. The standard InChI is InChI=1S/C22H38N2O6/c1-19-5-6-21(26)24(19)10-12-28-14-16-30-18-17-29-15-13-27-11-7-20(25)23-9-8-22(2,3)4/h5-6H,1,7-18H2,2-4H3,(H,23,25). The Balaban J connectivity index is 1.78. The Labute approximate surface area is 180 Å². The van der Waals surface area contributed by atoms with Gasteiger partial charge in [0, 0.05) is 31.3 Å². The van der Waals surface area contributed by atoms with Crippen molar-refractivity contribution in [1.29, 1.82) is 0 Å². The van der Waals surface area contributed by atoms with E-state index in [2.05, 4.69) is 32.7 Å². The lowest BCUT2D eigenvalue weighted by atomic mass is 9.92. The minimum Gasteiger partial charge on any atom is -0.379 e. The van der Waals surface area contributed by atoms with Crippen molar-refractivity contribution in [2.45, 2.75) is 33.6 Å². The molecule has 0 aromatic rings. The summed E-state index contributed by atoms with van der Waals surface area (Å²) in [6.45, 7) is 15.1. The third-order valence-electron chi connectivity index (χ3n) is 4.28. The summed E-state index contributed by atoms with van der Waals surface area (Å²) in [7, 11) is 0. The number of ether oxygens (including phenoxy) is 4. The van der Waals surface area contributed by atoms with E-state index in [9.17, 15) is 9.59 Å². The number of amides is 2. The number of carbonyl (C=O) groups is 2. The van der Waals surface area contributed by atoms with Gasteiger partial charge in [-0.05, 0) is 17.9 Å². The van der Waals surface area contributed by atoms with Crippen LogP contribution in [0.4, 0.5) is 0 Å². The molecule has 8 heteroatoms. The second-order valence-corrected chi connectivity index (χ2v) is 8.17. The van der Waals surface area contributed by atoms with Gasteiger partial charge >= 0.3 is 0 Å². The second-order valence-electron chi connectivity index (χ2n) is 8.17. The fourth-order valence-corrected chi connectivity index (χ4v) is 2.49. The lowest BCUT2D eigenvalue weighted by molar-refractivity contribution is -0.124. The predicted octanol–water partition coefficient (Wildman–Crippen LogP) is 1.91. The summed E-state index contributed by atoms with van der Waals surface area (Å²) in [5, 5.41) is 2.90. The Morgan fingerprint density at radius 1 is 0.933 bits per heavy atom. The van der Waals surface area contributed by atoms with Crippen LogP contribution in [0.3, 0.4) is 0 Å². The molecule has 2 amide bonds. The molecule has 1 aliphatic heterocycles. The second kappa shape index (κ2) is 15.1. The number of carbonyl (C=O) groups excluding carboxylic acids is 2. The first-order valence-corrected chi connectivity index (χ1v) is 10.6. The molecule has 0 radical (unpaired) electrons. The van der Waals surface area contributed by atoms with E-state index in [0.29, 0.717) is 78.1 Å². The average Bonchev–Trinajstić information content (AvgIpc) is 2.99. The molecule has 0 saturated carbocycles. The molecule has 1 N–H and O–H groups in total. The van der Waals surface area contributed by atoms with Gasteiger partial charge in [-0.1, -0.05) is 27.4 Å². The Bertz CT molecular complexity index is 538. The Morgan fingerprint density at radius 3 is 1.97 bits per heavy atom. The highest BCUT2D eigenvalue weighted by Crippen LogP contribution is 2.16. The van der Waals surface area contributed by atoms with Crippen molar-refractivity contribution >= 4 is 11.8 Å². The van der Waals surface area contributed by atoms with Gasteiger partial charge in [0.25, 0.3) is 5.91 Å². The van der Waals surface area contributed by atoms with E-state index in [1.54, 1.807) is 11.0 Å². The lowest BCUT2D eigenvalue weighted by Gasteiger charge is -2.17. The highest BCUT2D eigenvalue weighted by molar-refractivity contribution is 5.92. The Kier molecular flexibility index (Phi) is 13.3. The van der Waals surface area contributed by atoms with Gasteiger partial charge in [-0.25, -0.2) is 0 Å². The summed E-state index contributed by atoms with van der Waals surface area (Å²) in [6, 6.07) is 0. The third kappa shape index (κ3) is 13.5. The van der Waals surface area contributed by atoms with Gasteiger partial charge in [-0.15, -0.1) is 0 Å². The molecule has 0 unspecified atom stereocenters. The molecule has 0 spiro atoms. The van der Waals surface area contributed by atoms with Gasteiger partial charge < -0.3 is 29.2 Å². The van der Waals surface area contributed by atoms with E-state index in [1.807, 2.05) is 0 Å². The number of hydrogen-bond acceptors (Lipinski definition) is 6. The average molecular weight is 427 g/mol. The lowest BCUT2D eigenvalue weighted by Crippen LogP contribution is -2.28. The maximum absolute atomic E-state index is 11.7. The molecule has 0 aromatic carbocycles. The number of nitrogens with one attached hydrogen (secondary N) is 1. The molecule has 1 heterocycles. The molecule has 0 saturated heterocycles. The van der Waals surface area contributed by atoms with E-state index in [1.165, 1.54) is 6.08 Å². The van der Waals surface area contributed by atoms with Gasteiger partial charge in [-0.2, -0.15) is 0 Å². The molecule has 8 nitrogen and oxygen atoms in total. The molecule has 0 aromatic heterocycles. The first-order chi connectivity index (χ1) is 14.3. The monoisotopic (exact) mass is 426 g/mol. The van der Waals surface area contributed by atoms with Crippen molar-refractivity contribution < 1.29 is 28.5 Å². The van der Waals surface area contributed by atoms with E-state index >= 15 is 0 Å². The van der Waals surface area contributed by atoms with E-state index < -0.39 is 0 Å². The quantitative estimate of drug-likeness (QED) is 0.358. The minimum absolute atomic E-state index is 0.0180. The fraction of sp³-hybridized carbons (Fsp3) is 0.727. The maximum Gasteiger partial charge on any atom is 0.251 e. The summed E-state index contributed by atoms with van der Waals surface area (Å²) < 4.78 is 21.7. The molecular formula is C22H38N2O6. The topological polar surface area (TPSA) is 86.3 Å². The van der Waals surface area contributed by atoms with Gasteiger partial charge in [-0.3, -0.25) is 9.59 Å². The fourth-order valence-electron chi connectivity index (χ4n) is 2.49. The summed E-state index contributed by atoms with van der Waals surface area (Å²) in [5.74, 6) is -0.0373. The van der Waals surface area contributed by atoms with Crippen LogP contribution in [0.15, 0.2) is 24.4 Å². The summed E-state index contributed by atoms with van der Waals surface area (Å²) in [6.07, 6.45) is 4.52. The largest absolute Gasteiger partial charge is 0.379 e. The zero-order valence-electron chi connectivity index (χ0n) is 18.7. The van der Waals surface area contributed by atoms with Crippen molar-refractivity contribution in [1.82, 2.24) is 10.2 Å². The van der Waals surface area contributed by atoms with Crippen LogP contribution < -0.4 is 5.32 Å². The normalized spacial score (nSPS) is 14.0. The molecular weight excluding hydrogens is 388 g/mol. The van der Waals surface area contributed by atoms with Crippen LogP contribution in [-0.2, 0) is 28.5 Å². The summed E-state index contributed by atoms with van der Waals surface area (Å²) in [4.78, 5) is 24.7. The summed E-state index contributed by atoms with van der Waals surface area (Å²) >= 11 is 0.